The van der Waals surface area contributed by atoms with Crippen molar-refractivity contribution in [3.05, 3.63) is 34.1 Å². The molecule has 0 saturated heterocycles. The Morgan fingerprint density at radius 3 is 2.69 bits per heavy atom. The summed E-state index contributed by atoms with van der Waals surface area (Å²) in [7, 11) is 1.93. The Hall–Kier alpha value is -0.160. The van der Waals surface area contributed by atoms with Crippen molar-refractivity contribution in [2.24, 2.45) is 5.73 Å². The Bertz CT molecular complexity index is 334. The lowest BCUT2D eigenvalue weighted by Crippen LogP contribution is -2.32. The summed E-state index contributed by atoms with van der Waals surface area (Å²) in [5, 5.41) is 0. The summed E-state index contributed by atoms with van der Waals surface area (Å²) in [6, 6.07) is 5.07. The topological polar surface area (TPSA) is 29.3 Å². The van der Waals surface area contributed by atoms with Gasteiger partial charge in [-0.15, -0.1) is 12.4 Å². The van der Waals surface area contributed by atoms with Crippen molar-refractivity contribution in [2.45, 2.75) is 19.5 Å². The van der Waals surface area contributed by atoms with E-state index in [1.807, 2.05) is 18.9 Å². The fourth-order valence-corrected chi connectivity index (χ4v) is 1.92. The number of likely N-dealkylation sites (N-methyl/N-ethyl adjacent to an activating group) is 1. The van der Waals surface area contributed by atoms with E-state index in [-0.39, 0.29) is 24.3 Å². The van der Waals surface area contributed by atoms with Crippen molar-refractivity contribution in [3.63, 3.8) is 0 Å². The van der Waals surface area contributed by atoms with Gasteiger partial charge in [0.15, 0.2) is 0 Å². The second-order valence-corrected chi connectivity index (χ2v) is 4.83. The first-order valence-electron chi connectivity index (χ1n) is 4.87. The van der Waals surface area contributed by atoms with Gasteiger partial charge in [0.05, 0.1) is 0 Å². The van der Waals surface area contributed by atoms with Crippen LogP contribution in [0.25, 0.3) is 0 Å². The van der Waals surface area contributed by atoms with Gasteiger partial charge in [-0.05, 0) is 32.2 Å². The molecular formula is C11H17BrClFN2. The molecule has 2 N–H and O–H groups in total. The van der Waals surface area contributed by atoms with Crippen LogP contribution in [-0.4, -0.2) is 24.5 Å². The molecule has 92 valence electrons. The maximum Gasteiger partial charge on any atom is 0.127 e. The van der Waals surface area contributed by atoms with E-state index in [4.69, 9.17) is 5.73 Å². The van der Waals surface area contributed by atoms with Crippen molar-refractivity contribution in [2.75, 3.05) is 13.6 Å². The molecule has 0 radical (unpaired) electrons. The predicted octanol–water partition coefficient (Wildman–Crippen LogP) is 2.79. The van der Waals surface area contributed by atoms with E-state index >= 15 is 0 Å². The Morgan fingerprint density at radius 1 is 1.50 bits per heavy atom. The molecule has 0 saturated carbocycles. The van der Waals surface area contributed by atoms with Crippen LogP contribution in [0.2, 0.25) is 0 Å². The van der Waals surface area contributed by atoms with E-state index in [1.165, 1.54) is 6.07 Å². The minimum absolute atomic E-state index is 0. The van der Waals surface area contributed by atoms with Crippen LogP contribution in [0.4, 0.5) is 4.39 Å². The summed E-state index contributed by atoms with van der Waals surface area (Å²) in [5.74, 6) is -0.172. The average Bonchev–Trinajstić information content (AvgIpc) is 2.10. The molecule has 16 heavy (non-hydrogen) atoms. The molecule has 2 nitrogen and oxygen atoms in total. The number of nitrogens with two attached hydrogens (primary N) is 1. The van der Waals surface area contributed by atoms with Crippen LogP contribution >= 0.6 is 28.3 Å². The smallest absolute Gasteiger partial charge is 0.127 e. The minimum atomic E-state index is -0.172. The molecule has 0 spiro atoms. The van der Waals surface area contributed by atoms with Crippen LogP contribution in [0.5, 0.6) is 0 Å². The van der Waals surface area contributed by atoms with Gasteiger partial charge in [-0.2, -0.15) is 0 Å². The van der Waals surface area contributed by atoms with Crippen LogP contribution in [0.3, 0.4) is 0 Å². The van der Waals surface area contributed by atoms with Crippen LogP contribution < -0.4 is 5.73 Å². The second kappa shape index (κ2) is 7.22. The molecule has 0 bridgehead atoms. The third kappa shape index (κ3) is 5.25. The monoisotopic (exact) mass is 310 g/mol. The lowest BCUT2D eigenvalue weighted by atomic mass is 10.2. The summed E-state index contributed by atoms with van der Waals surface area (Å²) in [6.07, 6.45) is 0. The summed E-state index contributed by atoms with van der Waals surface area (Å²) in [5.41, 5.74) is 6.36. The third-order valence-corrected chi connectivity index (χ3v) is 2.54. The van der Waals surface area contributed by atoms with E-state index in [2.05, 4.69) is 15.9 Å². The van der Waals surface area contributed by atoms with E-state index in [1.54, 1.807) is 12.1 Å². The zero-order chi connectivity index (χ0) is 11.4. The van der Waals surface area contributed by atoms with Gasteiger partial charge in [0.1, 0.15) is 5.82 Å². The molecule has 1 unspecified atom stereocenters. The maximum atomic E-state index is 13.4. The number of rotatable bonds is 4. The second-order valence-electron chi connectivity index (χ2n) is 3.91. The standard InChI is InChI=1S/C11H16BrFN2.ClH/c1-8(14)6-15(2)7-9-5-10(12)3-4-11(9)13;/h3-5,8H,6-7,14H2,1-2H3;1H. The summed E-state index contributed by atoms with van der Waals surface area (Å²) < 4.78 is 14.3. The Morgan fingerprint density at radius 2 is 2.12 bits per heavy atom. The highest BCUT2D eigenvalue weighted by Crippen LogP contribution is 2.16. The summed E-state index contributed by atoms with van der Waals surface area (Å²) in [4.78, 5) is 2.01. The zero-order valence-corrected chi connectivity index (χ0v) is 11.8. The van der Waals surface area contributed by atoms with E-state index in [0.29, 0.717) is 12.1 Å². The van der Waals surface area contributed by atoms with Crippen LogP contribution in [-0.2, 0) is 6.54 Å². The first kappa shape index (κ1) is 15.8. The van der Waals surface area contributed by atoms with Gasteiger partial charge in [0, 0.05) is 29.2 Å². The normalized spacial score (nSPS) is 12.4. The molecular weight excluding hydrogens is 294 g/mol. The first-order valence-corrected chi connectivity index (χ1v) is 5.66. The molecule has 1 aromatic carbocycles. The summed E-state index contributed by atoms with van der Waals surface area (Å²) in [6.45, 7) is 3.27. The highest BCUT2D eigenvalue weighted by molar-refractivity contribution is 9.10. The lowest BCUT2D eigenvalue weighted by Gasteiger charge is -2.19. The molecule has 0 aromatic heterocycles. The number of benzene rings is 1. The average molecular weight is 312 g/mol. The fourth-order valence-electron chi connectivity index (χ4n) is 1.51. The number of halogens is 3. The Labute approximate surface area is 111 Å². The molecule has 5 heteroatoms. The number of hydrogen-bond donors (Lipinski definition) is 1. The molecule has 1 aromatic rings. The molecule has 0 heterocycles. The van der Waals surface area contributed by atoms with Crippen molar-refractivity contribution < 1.29 is 4.39 Å². The predicted molar refractivity (Wildman–Crippen MR) is 71.3 cm³/mol. The number of nitrogens with zero attached hydrogens (tertiary/aromatic N) is 1. The number of hydrogen-bond acceptors (Lipinski definition) is 2. The van der Waals surface area contributed by atoms with Crippen molar-refractivity contribution in [1.29, 1.82) is 0 Å². The van der Waals surface area contributed by atoms with Gasteiger partial charge in [-0.3, -0.25) is 0 Å². The van der Waals surface area contributed by atoms with Gasteiger partial charge in [-0.1, -0.05) is 15.9 Å². The quantitative estimate of drug-likeness (QED) is 0.926. The fraction of sp³-hybridized carbons (Fsp3) is 0.455. The molecule has 0 aliphatic heterocycles. The van der Waals surface area contributed by atoms with Crippen molar-refractivity contribution in [3.8, 4) is 0 Å². The molecule has 0 amide bonds. The van der Waals surface area contributed by atoms with Crippen molar-refractivity contribution >= 4 is 28.3 Å². The SMILES string of the molecule is CC(N)CN(C)Cc1cc(Br)ccc1F.Cl. The van der Waals surface area contributed by atoms with Gasteiger partial charge >= 0.3 is 0 Å². The Kier molecular flexibility index (Phi) is 7.15. The summed E-state index contributed by atoms with van der Waals surface area (Å²) >= 11 is 3.33. The molecule has 1 atom stereocenters. The van der Waals surface area contributed by atoms with Gasteiger partial charge in [0.25, 0.3) is 0 Å². The molecule has 1 rings (SSSR count). The van der Waals surface area contributed by atoms with E-state index < -0.39 is 0 Å². The van der Waals surface area contributed by atoms with E-state index in [0.717, 1.165) is 11.0 Å². The van der Waals surface area contributed by atoms with Gasteiger partial charge in [-0.25, -0.2) is 4.39 Å². The molecule has 0 fully saturated rings. The lowest BCUT2D eigenvalue weighted by molar-refractivity contribution is 0.305. The largest absolute Gasteiger partial charge is 0.327 e. The zero-order valence-electron chi connectivity index (χ0n) is 9.41. The van der Waals surface area contributed by atoms with Crippen LogP contribution in [0, 0.1) is 5.82 Å². The third-order valence-electron chi connectivity index (χ3n) is 2.05. The first-order chi connectivity index (χ1) is 6.99. The van der Waals surface area contributed by atoms with Gasteiger partial charge < -0.3 is 10.6 Å². The van der Waals surface area contributed by atoms with Gasteiger partial charge in [0.2, 0.25) is 0 Å². The van der Waals surface area contributed by atoms with E-state index in [9.17, 15) is 4.39 Å². The minimum Gasteiger partial charge on any atom is -0.327 e. The highest BCUT2D eigenvalue weighted by atomic mass is 79.9. The van der Waals surface area contributed by atoms with Crippen LogP contribution in [0.1, 0.15) is 12.5 Å². The van der Waals surface area contributed by atoms with Crippen LogP contribution in [0.15, 0.2) is 22.7 Å². The highest BCUT2D eigenvalue weighted by Gasteiger charge is 2.07. The molecule has 0 aliphatic rings. The molecule has 0 aliphatic carbocycles. The Balaban J connectivity index is 0.00000225. The van der Waals surface area contributed by atoms with Crippen molar-refractivity contribution in [1.82, 2.24) is 4.90 Å². The maximum absolute atomic E-state index is 13.4.